The van der Waals surface area contributed by atoms with Crippen LogP contribution in [0.15, 0.2) is 36.4 Å². The van der Waals surface area contributed by atoms with Crippen LogP contribution in [0, 0.1) is 12.8 Å². The first-order valence-electron chi connectivity index (χ1n) is 9.13. The van der Waals surface area contributed by atoms with E-state index in [2.05, 4.69) is 10.3 Å². The first-order chi connectivity index (χ1) is 13.0. The molecule has 1 aromatic carbocycles. The van der Waals surface area contributed by atoms with Gasteiger partial charge in [0.25, 0.3) is 5.91 Å². The molecule has 1 aliphatic rings. The highest BCUT2D eigenvalue weighted by atomic mass is 16.5. The Hall–Kier alpha value is -2.89. The van der Waals surface area contributed by atoms with E-state index in [9.17, 15) is 9.59 Å². The highest BCUT2D eigenvalue weighted by molar-refractivity contribution is 5.95. The molecule has 1 unspecified atom stereocenters. The maximum Gasteiger partial charge on any atom is 0.339 e. The normalized spacial score (nSPS) is 14.3. The molecule has 3 rings (SSSR count). The van der Waals surface area contributed by atoms with Crippen molar-refractivity contribution in [1.82, 2.24) is 10.3 Å². The Morgan fingerprint density at radius 2 is 1.89 bits per heavy atom. The van der Waals surface area contributed by atoms with Crippen LogP contribution in [0.25, 0.3) is 0 Å². The number of methoxy groups -OCH3 is 1. The zero-order valence-corrected chi connectivity index (χ0v) is 15.8. The van der Waals surface area contributed by atoms with Crippen molar-refractivity contribution >= 4 is 11.9 Å². The molecule has 1 fully saturated rings. The molecule has 0 aliphatic heterocycles. The fourth-order valence-electron chi connectivity index (χ4n) is 3.04. The highest BCUT2D eigenvalue weighted by Gasteiger charge is 2.34. The van der Waals surface area contributed by atoms with E-state index in [1.165, 1.54) is 0 Å². The maximum absolute atomic E-state index is 12.7. The minimum absolute atomic E-state index is 0.0600. The zero-order valence-electron chi connectivity index (χ0n) is 15.8. The molecule has 0 saturated heterocycles. The fourth-order valence-corrected chi connectivity index (χ4v) is 3.04. The van der Waals surface area contributed by atoms with E-state index < -0.39 is 5.97 Å². The van der Waals surface area contributed by atoms with Crippen molar-refractivity contribution in [1.29, 1.82) is 0 Å². The molecule has 1 N–H and O–H groups in total. The van der Waals surface area contributed by atoms with Crippen LogP contribution in [0.2, 0.25) is 0 Å². The molecule has 6 heteroatoms. The maximum atomic E-state index is 12.7. The summed E-state index contributed by atoms with van der Waals surface area (Å²) >= 11 is 0. The fraction of sp³-hybridized carbons (Fsp3) is 0.381. The van der Waals surface area contributed by atoms with Gasteiger partial charge in [0.2, 0.25) is 0 Å². The summed E-state index contributed by atoms with van der Waals surface area (Å²) in [6, 6.07) is 10.8. The molecule has 1 amide bonds. The lowest BCUT2D eigenvalue weighted by Gasteiger charge is -2.19. The molecule has 1 aromatic heterocycles. The standard InChI is InChI=1S/C21H24N2O4/c1-4-27-21(25)17-11-12-18(22-13(17)2)20(24)23-19(14-5-6-14)15-7-9-16(26-3)10-8-15/h7-12,14,19H,4-6H2,1-3H3,(H,23,24). The van der Waals surface area contributed by atoms with Crippen LogP contribution in [0.1, 0.15) is 57.9 Å². The van der Waals surface area contributed by atoms with Crippen LogP contribution >= 0.6 is 0 Å². The van der Waals surface area contributed by atoms with Gasteiger partial charge < -0.3 is 14.8 Å². The zero-order chi connectivity index (χ0) is 19.4. The first-order valence-corrected chi connectivity index (χ1v) is 9.13. The van der Waals surface area contributed by atoms with Crippen LogP contribution in [-0.4, -0.2) is 30.6 Å². The van der Waals surface area contributed by atoms with Gasteiger partial charge >= 0.3 is 5.97 Å². The summed E-state index contributed by atoms with van der Waals surface area (Å²) in [5, 5.41) is 3.09. The number of ether oxygens (including phenoxy) is 2. The summed E-state index contributed by atoms with van der Waals surface area (Å²) in [6.07, 6.45) is 2.18. The van der Waals surface area contributed by atoms with Crippen molar-refractivity contribution in [2.75, 3.05) is 13.7 Å². The number of carbonyl (C=O) groups excluding carboxylic acids is 2. The van der Waals surface area contributed by atoms with Gasteiger partial charge in [-0.2, -0.15) is 0 Å². The Balaban J connectivity index is 1.76. The molecule has 142 valence electrons. The molecule has 27 heavy (non-hydrogen) atoms. The van der Waals surface area contributed by atoms with E-state index >= 15 is 0 Å². The third kappa shape index (κ3) is 4.45. The Bertz CT molecular complexity index is 829. The van der Waals surface area contributed by atoms with Crippen molar-refractivity contribution in [3.05, 3.63) is 58.9 Å². The highest BCUT2D eigenvalue weighted by Crippen LogP contribution is 2.41. The molecule has 6 nitrogen and oxygen atoms in total. The Kier molecular flexibility index (Phi) is 5.74. The number of carbonyl (C=O) groups is 2. The number of rotatable bonds is 7. The molecule has 1 heterocycles. The number of nitrogens with zero attached hydrogens (tertiary/aromatic N) is 1. The summed E-state index contributed by atoms with van der Waals surface area (Å²) < 4.78 is 10.2. The van der Waals surface area contributed by atoms with Crippen molar-refractivity contribution < 1.29 is 19.1 Å². The van der Waals surface area contributed by atoms with Gasteiger partial charge in [0.1, 0.15) is 11.4 Å². The summed E-state index contributed by atoms with van der Waals surface area (Å²) in [5.74, 6) is 0.540. The van der Waals surface area contributed by atoms with Crippen LogP contribution in [0.4, 0.5) is 0 Å². The molecule has 0 radical (unpaired) electrons. The minimum Gasteiger partial charge on any atom is -0.497 e. The smallest absolute Gasteiger partial charge is 0.339 e. The van der Waals surface area contributed by atoms with Crippen molar-refractivity contribution in [2.24, 2.45) is 5.92 Å². The van der Waals surface area contributed by atoms with E-state index in [-0.39, 0.29) is 11.9 Å². The van der Waals surface area contributed by atoms with Crippen molar-refractivity contribution in [3.8, 4) is 5.75 Å². The molecule has 1 saturated carbocycles. The summed E-state index contributed by atoms with van der Waals surface area (Å²) in [6.45, 7) is 3.75. The number of aromatic nitrogens is 1. The lowest BCUT2D eigenvalue weighted by atomic mass is 10.0. The Morgan fingerprint density at radius 1 is 1.19 bits per heavy atom. The second-order valence-corrected chi connectivity index (χ2v) is 6.61. The predicted molar refractivity (Wildman–Crippen MR) is 101 cm³/mol. The number of aryl methyl sites for hydroxylation is 1. The average Bonchev–Trinajstić information content (AvgIpc) is 3.51. The minimum atomic E-state index is -0.427. The predicted octanol–water partition coefficient (Wildman–Crippen LogP) is 3.46. The summed E-state index contributed by atoms with van der Waals surface area (Å²) in [7, 11) is 1.63. The molecule has 2 aromatic rings. The third-order valence-electron chi connectivity index (χ3n) is 4.67. The molecule has 1 aliphatic carbocycles. The van der Waals surface area contributed by atoms with Gasteiger partial charge in [0.05, 0.1) is 31.0 Å². The molecule has 0 spiro atoms. The Morgan fingerprint density at radius 3 is 2.44 bits per heavy atom. The topological polar surface area (TPSA) is 77.5 Å². The summed E-state index contributed by atoms with van der Waals surface area (Å²) in [5.41, 5.74) is 2.20. The van der Waals surface area contributed by atoms with Gasteiger partial charge in [-0.25, -0.2) is 9.78 Å². The number of esters is 1. The van der Waals surface area contributed by atoms with Gasteiger partial charge in [-0.15, -0.1) is 0 Å². The van der Waals surface area contributed by atoms with E-state index in [0.717, 1.165) is 24.2 Å². The molecule has 1 atom stereocenters. The van der Waals surface area contributed by atoms with Gasteiger partial charge in [-0.1, -0.05) is 12.1 Å². The van der Waals surface area contributed by atoms with E-state index in [4.69, 9.17) is 9.47 Å². The van der Waals surface area contributed by atoms with Crippen LogP contribution in [0.5, 0.6) is 5.75 Å². The molecular formula is C21H24N2O4. The monoisotopic (exact) mass is 368 g/mol. The number of pyridine rings is 1. The van der Waals surface area contributed by atoms with E-state index in [0.29, 0.717) is 29.5 Å². The third-order valence-corrected chi connectivity index (χ3v) is 4.67. The van der Waals surface area contributed by atoms with Crippen LogP contribution in [0.3, 0.4) is 0 Å². The van der Waals surface area contributed by atoms with Crippen LogP contribution in [-0.2, 0) is 4.74 Å². The quantitative estimate of drug-likeness (QED) is 0.758. The van der Waals surface area contributed by atoms with Gasteiger partial charge in [-0.3, -0.25) is 4.79 Å². The average molecular weight is 368 g/mol. The van der Waals surface area contributed by atoms with E-state index in [1.54, 1.807) is 33.1 Å². The lowest BCUT2D eigenvalue weighted by molar-refractivity contribution is 0.0524. The van der Waals surface area contributed by atoms with Gasteiger partial charge in [-0.05, 0) is 62.4 Å². The van der Waals surface area contributed by atoms with E-state index in [1.807, 2.05) is 24.3 Å². The lowest BCUT2D eigenvalue weighted by Crippen LogP contribution is -2.30. The SMILES string of the molecule is CCOC(=O)c1ccc(C(=O)NC(c2ccc(OC)cc2)C2CC2)nc1C. The summed E-state index contributed by atoms with van der Waals surface area (Å²) in [4.78, 5) is 28.9. The van der Waals surface area contributed by atoms with Crippen molar-refractivity contribution in [2.45, 2.75) is 32.7 Å². The number of hydrogen-bond acceptors (Lipinski definition) is 5. The second kappa shape index (κ2) is 8.20. The number of benzene rings is 1. The molecular weight excluding hydrogens is 344 g/mol. The van der Waals surface area contributed by atoms with Crippen molar-refractivity contribution in [3.63, 3.8) is 0 Å². The largest absolute Gasteiger partial charge is 0.497 e. The Labute approximate surface area is 158 Å². The number of nitrogens with one attached hydrogen (secondary N) is 1. The number of amides is 1. The van der Waals surface area contributed by atoms with Gasteiger partial charge in [0.15, 0.2) is 0 Å². The van der Waals surface area contributed by atoms with Crippen LogP contribution < -0.4 is 10.1 Å². The molecule has 0 bridgehead atoms. The second-order valence-electron chi connectivity index (χ2n) is 6.61. The first kappa shape index (κ1) is 18.9. The van der Waals surface area contributed by atoms with Gasteiger partial charge in [0, 0.05) is 0 Å². The number of hydrogen-bond donors (Lipinski definition) is 1.